The SMILES string of the molecule is CC(=O)/C=C/C(=O)C(=O)CCc1ccc(CNCCCCCc2cc(C(C)C)c3ccccc3c2)cc1C(C)=O.NN. The Hall–Kier alpha value is -3.78. The van der Waals surface area contributed by atoms with Crippen molar-refractivity contribution in [3.63, 3.8) is 0 Å². The highest BCUT2D eigenvalue weighted by molar-refractivity contribution is 6.42. The average molecular weight is 572 g/mol. The lowest BCUT2D eigenvalue weighted by atomic mass is 9.92. The number of unbranched alkanes of at least 4 members (excludes halogenated alkanes) is 2. The molecule has 0 aromatic heterocycles. The molecule has 0 spiro atoms. The van der Waals surface area contributed by atoms with Gasteiger partial charge in [-0.1, -0.05) is 68.8 Å². The van der Waals surface area contributed by atoms with Crippen LogP contribution in [0.5, 0.6) is 0 Å². The molecule has 0 radical (unpaired) electrons. The van der Waals surface area contributed by atoms with Gasteiger partial charge >= 0.3 is 0 Å². The number of hydrazine groups is 1. The van der Waals surface area contributed by atoms with Crippen molar-refractivity contribution >= 4 is 33.9 Å². The van der Waals surface area contributed by atoms with E-state index in [2.05, 4.69) is 67.2 Å². The number of fused-ring (bicyclic) bond motifs is 1. The summed E-state index contributed by atoms with van der Waals surface area (Å²) in [6.45, 7) is 8.90. The fourth-order valence-electron chi connectivity index (χ4n) is 4.95. The van der Waals surface area contributed by atoms with Gasteiger partial charge in [-0.25, -0.2) is 0 Å². The quantitative estimate of drug-likeness (QED) is 0.0501. The summed E-state index contributed by atoms with van der Waals surface area (Å²) in [6, 6.07) is 19.0. The lowest BCUT2D eigenvalue weighted by molar-refractivity contribution is -0.133. The third-order valence-electron chi connectivity index (χ3n) is 7.14. The first-order valence-electron chi connectivity index (χ1n) is 14.6. The van der Waals surface area contributed by atoms with Crippen molar-refractivity contribution in [3.8, 4) is 0 Å². The van der Waals surface area contributed by atoms with Crippen LogP contribution in [0.15, 0.2) is 66.7 Å². The first kappa shape index (κ1) is 34.4. The van der Waals surface area contributed by atoms with Crippen LogP contribution in [0.4, 0.5) is 0 Å². The van der Waals surface area contributed by atoms with E-state index in [1.807, 2.05) is 18.2 Å². The molecule has 0 aliphatic rings. The average Bonchev–Trinajstić information content (AvgIpc) is 2.98. The lowest BCUT2D eigenvalue weighted by Crippen LogP contribution is -2.16. The van der Waals surface area contributed by atoms with Gasteiger partial charge in [0.2, 0.25) is 11.6 Å². The van der Waals surface area contributed by atoms with Gasteiger partial charge in [0.05, 0.1) is 0 Å². The van der Waals surface area contributed by atoms with Crippen LogP contribution in [0.3, 0.4) is 0 Å². The number of carbonyl (C=O) groups excluding carboxylic acids is 4. The zero-order valence-corrected chi connectivity index (χ0v) is 25.4. The zero-order chi connectivity index (χ0) is 31.1. The van der Waals surface area contributed by atoms with Gasteiger partial charge in [-0.15, -0.1) is 0 Å². The molecule has 0 heterocycles. The number of nitrogens with one attached hydrogen (secondary N) is 1. The van der Waals surface area contributed by atoms with E-state index in [0.717, 1.165) is 55.5 Å². The summed E-state index contributed by atoms with van der Waals surface area (Å²) in [5.41, 5.74) is 5.17. The fraction of sp³-hybridized carbons (Fsp3) is 0.371. The standard InChI is InChI=1S/C35H41NO4.H4N2/c1-24(2)32-21-27(20-30-11-7-8-12-31(30)32)10-6-5-9-19-36-23-28-14-15-29(33(22-28)26(4)38)16-18-35(40)34(39)17-13-25(3)37;1-2/h7-8,11-15,17,20-22,24,36H,5-6,9-10,16,18-19,23H2,1-4H3;1-2H2/b17-13+;. The molecule has 3 rings (SSSR count). The van der Waals surface area contributed by atoms with Gasteiger partial charge in [-0.05, 0) is 103 Å². The molecule has 224 valence electrons. The Bertz CT molecular complexity index is 1410. The van der Waals surface area contributed by atoms with Crippen LogP contribution in [-0.2, 0) is 33.8 Å². The highest BCUT2D eigenvalue weighted by Gasteiger charge is 2.14. The first-order chi connectivity index (χ1) is 20.2. The second-order valence-electron chi connectivity index (χ2n) is 10.8. The van der Waals surface area contributed by atoms with Crippen LogP contribution in [0.1, 0.15) is 91.9 Å². The van der Waals surface area contributed by atoms with Crippen LogP contribution >= 0.6 is 0 Å². The van der Waals surface area contributed by atoms with E-state index in [1.165, 1.54) is 35.7 Å². The third-order valence-corrected chi connectivity index (χ3v) is 7.14. The van der Waals surface area contributed by atoms with Gasteiger partial charge in [0.15, 0.2) is 11.6 Å². The molecule has 3 aromatic rings. The minimum Gasteiger partial charge on any atom is -0.313 e. The molecule has 5 N–H and O–H groups in total. The predicted octanol–water partition coefficient (Wildman–Crippen LogP) is 5.70. The van der Waals surface area contributed by atoms with Gasteiger partial charge in [0.25, 0.3) is 0 Å². The van der Waals surface area contributed by atoms with E-state index in [4.69, 9.17) is 0 Å². The maximum absolute atomic E-state index is 12.2. The maximum atomic E-state index is 12.2. The molecule has 7 heteroatoms. The predicted molar refractivity (Wildman–Crippen MR) is 170 cm³/mol. The summed E-state index contributed by atoms with van der Waals surface area (Å²) in [6.07, 6.45) is 6.85. The fourth-order valence-corrected chi connectivity index (χ4v) is 4.95. The smallest absolute Gasteiger partial charge is 0.221 e. The number of hydrogen-bond donors (Lipinski definition) is 3. The van der Waals surface area contributed by atoms with Crippen molar-refractivity contribution in [1.82, 2.24) is 5.32 Å². The van der Waals surface area contributed by atoms with Crippen LogP contribution in [0.2, 0.25) is 0 Å². The summed E-state index contributed by atoms with van der Waals surface area (Å²) >= 11 is 0. The first-order valence-corrected chi connectivity index (χ1v) is 14.6. The number of hydrogen-bond acceptors (Lipinski definition) is 7. The van der Waals surface area contributed by atoms with Crippen molar-refractivity contribution in [3.05, 3.63) is 94.6 Å². The summed E-state index contributed by atoms with van der Waals surface area (Å²) in [4.78, 5) is 47.2. The zero-order valence-electron chi connectivity index (χ0n) is 25.4. The number of aryl methyl sites for hydroxylation is 2. The summed E-state index contributed by atoms with van der Waals surface area (Å²) in [5.74, 6) is 6.88. The van der Waals surface area contributed by atoms with Crippen LogP contribution in [-0.4, -0.2) is 29.7 Å². The van der Waals surface area contributed by atoms with E-state index in [0.29, 0.717) is 24.4 Å². The topological polar surface area (TPSA) is 132 Å². The minimum atomic E-state index is -0.696. The van der Waals surface area contributed by atoms with Crippen molar-refractivity contribution in [2.45, 2.75) is 78.7 Å². The molecule has 0 atom stereocenters. The Balaban J connectivity index is 0.00000301. The van der Waals surface area contributed by atoms with Crippen molar-refractivity contribution in [2.75, 3.05) is 6.54 Å². The van der Waals surface area contributed by atoms with E-state index >= 15 is 0 Å². The highest BCUT2D eigenvalue weighted by Crippen LogP contribution is 2.28. The van der Waals surface area contributed by atoms with Crippen molar-refractivity contribution in [1.29, 1.82) is 0 Å². The number of Topliss-reactive ketones (excluding diaryl/α,β-unsaturated/α-hetero) is 2. The number of allylic oxidation sites excluding steroid dienone is 2. The molecule has 3 aromatic carbocycles. The Labute approximate surface area is 249 Å². The van der Waals surface area contributed by atoms with E-state index in [-0.39, 0.29) is 18.0 Å². The monoisotopic (exact) mass is 571 g/mol. The number of nitrogens with two attached hydrogens (primary N) is 2. The molecule has 0 aliphatic heterocycles. The molecule has 0 amide bonds. The Morgan fingerprint density at radius 2 is 1.57 bits per heavy atom. The number of benzene rings is 3. The molecular weight excluding hydrogens is 526 g/mol. The summed E-state index contributed by atoms with van der Waals surface area (Å²) in [5, 5.41) is 6.15. The molecule has 0 fully saturated rings. The van der Waals surface area contributed by atoms with Gasteiger partial charge in [0, 0.05) is 18.5 Å². The molecule has 0 aliphatic carbocycles. The third kappa shape index (κ3) is 10.9. The van der Waals surface area contributed by atoms with Crippen LogP contribution in [0, 0.1) is 0 Å². The summed E-state index contributed by atoms with van der Waals surface area (Å²) < 4.78 is 0. The lowest BCUT2D eigenvalue weighted by Gasteiger charge is -2.13. The molecule has 0 bridgehead atoms. The molecule has 0 unspecified atom stereocenters. The van der Waals surface area contributed by atoms with Gasteiger partial charge in [-0.2, -0.15) is 0 Å². The van der Waals surface area contributed by atoms with Crippen molar-refractivity contribution < 1.29 is 19.2 Å². The van der Waals surface area contributed by atoms with E-state index in [9.17, 15) is 19.2 Å². The Kier molecular flexibility index (Phi) is 14.7. The largest absolute Gasteiger partial charge is 0.313 e. The van der Waals surface area contributed by atoms with E-state index in [1.54, 1.807) is 0 Å². The van der Waals surface area contributed by atoms with E-state index < -0.39 is 11.6 Å². The second kappa shape index (κ2) is 17.9. The van der Waals surface area contributed by atoms with Gasteiger partial charge in [-0.3, -0.25) is 30.9 Å². The number of rotatable bonds is 16. The second-order valence-corrected chi connectivity index (χ2v) is 10.8. The van der Waals surface area contributed by atoms with Gasteiger partial charge < -0.3 is 5.32 Å². The molecule has 7 nitrogen and oxygen atoms in total. The number of ketones is 4. The maximum Gasteiger partial charge on any atom is 0.221 e. The van der Waals surface area contributed by atoms with Crippen LogP contribution < -0.4 is 17.0 Å². The number of carbonyl (C=O) groups is 4. The highest BCUT2D eigenvalue weighted by atomic mass is 16.2. The molecular formula is C35H45N3O4. The Morgan fingerprint density at radius 1 is 0.833 bits per heavy atom. The Morgan fingerprint density at radius 3 is 2.26 bits per heavy atom. The van der Waals surface area contributed by atoms with Crippen molar-refractivity contribution in [2.24, 2.45) is 11.7 Å². The molecule has 0 saturated heterocycles. The molecule has 0 saturated carbocycles. The normalized spacial score (nSPS) is 11.0. The minimum absolute atomic E-state index is 0.00303. The summed E-state index contributed by atoms with van der Waals surface area (Å²) in [7, 11) is 0. The van der Waals surface area contributed by atoms with Gasteiger partial charge in [0.1, 0.15) is 0 Å². The molecule has 42 heavy (non-hydrogen) atoms. The van der Waals surface area contributed by atoms with Crippen LogP contribution in [0.25, 0.3) is 10.8 Å².